The van der Waals surface area contributed by atoms with E-state index in [1.54, 1.807) is 36.4 Å². The van der Waals surface area contributed by atoms with Gasteiger partial charge in [-0.05, 0) is 63.1 Å². The second kappa shape index (κ2) is 7.28. The number of carbonyl (C=O) groups excluding carboxylic acids is 3. The fourth-order valence-corrected chi connectivity index (χ4v) is 4.49. The smallest absolute Gasteiger partial charge is 0.268 e. The molecule has 0 unspecified atom stereocenters. The summed E-state index contributed by atoms with van der Waals surface area (Å²) in [5.74, 6) is -1.19. The van der Waals surface area contributed by atoms with Crippen molar-refractivity contribution in [3.8, 4) is 0 Å². The predicted molar refractivity (Wildman–Crippen MR) is 120 cm³/mol. The third kappa shape index (κ3) is 3.00. The van der Waals surface area contributed by atoms with Crippen molar-refractivity contribution in [3.05, 3.63) is 101 Å². The fraction of sp³-hybridized carbons (Fsp3) is 0. The minimum Gasteiger partial charge on any atom is -0.268 e. The van der Waals surface area contributed by atoms with Crippen LogP contribution in [0.25, 0.3) is 27.6 Å². The summed E-state index contributed by atoms with van der Waals surface area (Å²) in [5, 5.41) is 3.48. The number of hydrogen-bond donors (Lipinski definition) is 0. The third-order valence-electron chi connectivity index (χ3n) is 5.11. The highest BCUT2D eigenvalue weighted by Gasteiger charge is 2.40. The third-order valence-corrected chi connectivity index (χ3v) is 5.98. The molecular formula is C25H15NO3S. The number of imide groups is 3. The number of nitrogens with zero attached hydrogens (tertiary/aromatic N) is 1. The van der Waals surface area contributed by atoms with Gasteiger partial charge >= 0.3 is 5.24 Å². The van der Waals surface area contributed by atoms with E-state index in [0.29, 0.717) is 5.56 Å². The average molecular weight is 409 g/mol. The van der Waals surface area contributed by atoms with E-state index in [1.165, 1.54) is 0 Å². The first-order chi connectivity index (χ1) is 14.6. The highest BCUT2D eigenvalue weighted by molar-refractivity contribution is 8.18. The van der Waals surface area contributed by atoms with Gasteiger partial charge < -0.3 is 0 Å². The minimum atomic E-state index is -0.607. The van der Waals surface area contributed by atoms with Gasteiger partial charge in [-0.3, -0.25) is 14.4 Å². The molecule has 0 spiro atoms. The second-order valence-corrected chi connectivity index (χ2v) is 7.91. The van der Waals surface area contributed by atoms with Gasteiger partial charge in [0.15, 0.2) is 0 Å². The number of amides is 3. The summed E-state index contributed by atoms with van der Waals surface area (Å²) in [5.41, 5.74) is 1.16. The van der Waals surface area contributed by atoms with Gasteiger partial charge in [0, 0.05) is 5.56 Å². The van der Waals surface area contributed by atoms with E-state index < -0.39 is 17.1 Å². The van der Waals surface area contributed by atoms with Crippen LogP contribution in [-0.4, -0.2) is 22.0 Å². The average Bonchev–Trinajstić information content (AvgIpc) is 3.06. The van der Waals surface area contributed by atoms with Crippen LogP contribution in [0.15, 0.2) is 89.8 Å². The first-order valence-electron chi connectivity index (χ1n) is 9.41. The molecule has 30 heavy (non-hydrogen) atoms. The molecular weight excluding hydrogens is 394 g/mol. The molecule has 0 N–H and O–H groups in total. The molecule has 0 aromatic heterocycles. The molecule has 1 aliphatic heterocycles. The lowest BCUT2D eigenvalue weighted by molar-refractivity contribution is -0.120. The molecule has 1 aliphatic rings. The van der Waals surface area contributed by atoms with Crippen molar-refractivity contribution in [1.29, 1.82) is 0 Å². The normalized spacial score (nSPS) is 15.5. The van der Waals surface area contributed by atoms with Crippen molar-refractivity contribution in [2.45, 2.75) is 0 Å². The van der Waals surface area contributed by atoms with E-state index in [9.17, 15) is 14.4 Å². The zero-order valence-corrected chi connectivity index (χ0v) is 16.6. The van der Waals surface area contributed by atoms with Gasteiger partial charge in [-0.2, -0.15) is 0 Å². The molecule has 4 aromatic rings. The van der Waals surface area contributed by atoms with Crippen LogP contribution in [0.5, 0.6) is 0 Å². The molecule has 1 saturated heterocycles. The van der Waals surface area contributed by atoms with Crippen molar-refractivity contribution in [2.24, 2.45) is 0 Å². The summed E-state index contributed by atoms with van der Waals surface area (Å²) in [6.07, 6.45) is 1.73. The lowest BCUT2D eigenvalue weighted by atomic mass is 9.96. The van der Waals surface area contributed by atoms with Crippen molar-refractivity contribution in [3.63, 3.8) is 0 Å². The van der Waals surface area contributed by atoms with Gasteiger partial charge in [-0.1, -0.05) is 66.7 Å². The monoisotopic (exact) mass is 409 g/mol. The topological polar surface area (TPSA) is 54.5 Å². The van der Waals surface area contributed by atoms with Gasteiger partial charge in [-0.15, -0.1) is 0 Å². The maximum Gasteiger partial charge on any atom is 0.300 e. The van der Waals surface area contributed by atoms with Crippen LogP contribution < -0.4 is 0 Å². The molecule has 144 valence electrons. The van der Waals surface area contributed by atoms with Crippen LogP contribution in [0.4, 0.5) is 4.79 Å². The molecule has 0 radical (unpaired) electrons. The molecule has 0 saturated carbocycles. The molecule has 4 aromatic carbocycles. The van der Waals surface area contributed by atoms with Gasteiger partial charge in [0.25, 0.3) is 11.8 Å². The Bertz CT molecular complexity index is 1320. The lowest BCUT2D eigenvalue weighted by Gasteiger charge is -2.11. The number of thioether (sulfide) groups is 1. The Morgan fingerprint density at radius 1 is 0.767 bits per heavy atom. The first kappa shape index (κ1) is 18.3. The Morgan fingerprint density at radius 3 is 1.97 bits per heavy atom. The molecule has 4 nitrogen and oxygen atoms in total. The zero-order valence-electron chi connectivity index (χ0n) is 15.7. The first-order valence-corrected chi connectivity index (χ1v) is 10.2. The maximum absolute atomic E-state index is 13.0. The van der Waals surface area contributed by atoms with Gasteiger partial charge in [-0.25, -0.2) is 4.90 Å². The van der Waals surface area contributed by atoms with Gasteiger partial charge in [0.05, 0.1) is 4.91 Å². The summed E-state index contributed by atoms with van der Waals surface area (Å²) in [4.78, 5) is 39.2. The Hall–Kier alpha value is -3.70. The molecule has 5 rings (SSSR count). The summed E-state index contributed by atoms with van der Waals surface area (Å²) in [6, 6.07) is 26.3. The summed E-state index contributed by atoms with van der Waals surface area (Å²) in [6.45, 7) is 0. The molecule has 1 heterocycles. The van der Waals surface area contributed by atoms with Crippen LogP contribution >= 0.6 is 11.8 Å². The van der Waals surface area contributed by atoms with Crippen LogP contribution in [0.3, 0.4) is 0 Å². The van der Waals surface area contributed by atoms with E-state index in [0.717, 1.165) is 43.8 Å². The van der Waals surface area contributed by atoms with Crippen LogP contribution in [-0.2, 0) is 4.79 Å². The van der Waals surface area contributed by atoms with Crippen LogP contribution in [0.2, 0.25) is 0 Å². The summed E-state index contributed by atoms with van der Waals surface area (Å²) in [7, 11) is 0. The van der Waals surface area contributed by atoms with E-state index in [4.69, 9.17) is 0 Å². The minimum absolute atomic E-state index is 0.241. The van der Waals surface area contributed by atoms with Gasteiger partial charge in [0.1, 0.15) is 0 Å². The lowest BCUT2D eigenvalue weighted by Crippen LogP contribution is -2.34. The van der Waals surface area contributed by atoms with Crippen molar-refractivity contribution in [1.82, 2.24) is 4.90 Å². The number of benzene rings is 4. The van der Waals surface area contributed by atoms with E-state index in [2.05, 4.69) is 6.07 Å². The maximum atomic E-state index is 13.0. The SMILES string of the molecule is O=C1SC(=Cc2c3ccccc3cc3ccccc23)C(=O)N1C(=O)c1ccccc1. The molecule has 5 heteroatoms. The molecule has 3 amide bonds. The second-order valence-electron chi connectivity index (χ2n) is 6.92. The number of fused-ring (bicyclic) bond motifs is 2. The van der Waals surface area contributed by atoms with E-state index >= 15 is 0 Å². The van der Waals surface area contributed by atoms with Crippen LogP contribution in [0.1, 0.15) is 15.9 Å². The number of carbonyl (C=O) groups is 3. The van der Waals surface area contributed by atoms with Crippen molar-refractivity contribution >= 4 is 56.4 Å². The quantitative estimate of drug-likeness (QED) is 0.236. The van der Waals surface area contributed by atoms with Crippen molar-refractivity contribution in [2.75, 3.05) is 0 Å². The highest BCUT2D eigenvalue weighted by atomic mass is 32.2. The van der Waals surface area contributed by atoms with E-state index in [-0.39, 0.29) is 4.91 Å². The molecule has 0 bridgehead atoms. The summed E-state index contributed by atoms with van der Waals surface area (Å²) >= 11 is 0.794. The largest absolute Gasteiger partial charge is 0.300 e. The Morgan fingerprint density at radius 2 is 1.33 bits per heavy atom. The summed E-state index contributed by atoms with van der Waals surface area (Å²) < 4.78 is 0. The van der Waals surface area contributed by atoms with Crippen molar-refractivity contribution < 1.29 is 14.4 Å². The molecule has 1 fully saturated rings. The Labute approximate surface area is 176 Å². The fourth-order valence-electron chi connectivity index (χ4n) is 3.69. The van der Waals surface area contributed by atoms with E-state index in [1.807, 2.05) is 48.5 Å². The van der Waals surface area contributed by atoms with Crippen LogP contribution in [0, 0.1) is 0 Å². The predicted octanol–water partition coefficient (Wildman–Crippen LogP) is 5.87. The highest BCUT2D eigenvalue weighted by Crippen LogP contribution is 2.37. The Kier molecular flexibility index (Phi) is 4.45. The number of hydrogen-bond acceptors (Lipinski definition) is 4. The molecule has 0 aliphatic carbocycles. The number of rotatable bonds is 2. The van der Waals surface area contributed by atoms with Gasteiger partial charge in [0.2, 0.25) is 0 Å². The molecule has 0 atom stereocenters. The standard InChI is InChI=1S/C25H15NO3S/c27-23(16-8-2-1-3-9-16)26-24(28)22(30-25(26)29)15-21-19-12-6-4-10-17(19)14-18-11-5-7-13-20(18)21/h1-15H. The Balaban J connectivity index is 1.64. The zero-order chi connectivity index (χ0) is 20.7.